The minimum Gasteiger partial charge on any atom is -0.466 e. The summed E-state index contributed by atoms with van der Waals surface area (Å²) in [7, 11) is 0. The van der Waals surface area contributed by atoms with Crippen LogP contribution in [0.5, 0.6) is 0 Å². The normalized spacial score (nSPS) is 8.69. The number of hydrogen-bond acceptors (Lipinski definition) is 3. The Hall–Kier alpha value is -0.770. The summed E-state index contributed by atoms with van der Waals surface area (Å²) in [5, 5.41) is 6.92. The van der Waals surface area contributed by atoms with Crippen molar-refractivity contribution >= 4 is 24.2 Å². The number of esters is 1. The van der Waals surface area contributed by atoms with Crippen LogP contribution in [0.4, 0.5) is 0 Å². The van der Waals surface area contributed by atoms with Crippen LogP contribution in [0.15, 0.2) is 0 Å². The van der Waals surface area contributed by atoms with Crippen molar-refractivity contribution in [2.24, 2.45) is 5.73 Å². The van der Waals surface area contributed by atoms with Crippen molar-refractivity contribution in [3.8, 4) is 0 Å². The van der Waals surface area contributed by atoms with Gasteiger partial charge in [0.15, 0.2) is 0 Å². The number of unbranched alkanes of at least 4 members (excludes halogenated alkanes) is 1. The molecule has 13 heavy (non-hydrogen) atoms. The van der Waals surface area contributed by atoms with Gasteiger partial charge in [-0.15, -0.1) is 12.4 Å². The average Bonchev–Trinajstić information content (AvgIpc) is 1.98. The van der Waals surface area contributed by atoms with Gasteiger partial charge in [0.1, 0.15) is 0 Å². The number of halogens is 1. The largest absolute Gasteiger partial charge is 0.466 e. The lowest BCUT2D eigenvalue weighted by Gasteiger charge is -2.00. The molecule has 0 amide bonds. The van der Waals surface area contributed by atoms with Crippen LogP contribution in [-0.4, -0.2) is 18.4 Å². The van der Waals surface area contributed by atoms with Crippen LogP contribution >= 0.6 is 12.4 Å². The number of hydrogen-bond donors (Lipinski definition) is 2. The first-order chi connectivity index (χ1) is 5.66. The zero-order valence-electron chi connectivity index (χ0n) is 7.84. The van der Waals surface area contributed by atoms with E-state index in [9.17, 15) is 4.79 Å². The Bertz CT molecular complexity index is 162. The smallest absolute Gasteiger partial charge is 0.305 e. The summed E-state index contributed by atoms with van der Waals surface area (Å²) in [4.78, 5) is 10.8. The molecule has 0 unspecified atom stereocenters. The molecule has 0 spiro atoms. The second-order valence-corrected chi connectivity index (χ2v) is 2.54. The molecule has 0 aliphatic carbocycles. The van der Waals surface area contributed by atoms with Crippen LogP contribution < -0.4 is 5.73 Å². The fourth-order valence-corrected chi connectivity index (χ4v) is 0.818. The van der Waals surface area contributed by atoms with Gasteiger partial charge in [-0.25, -0.2) is 0 Å². The quantitative estimate of drug-likeness (QED) is 0.300. The van der Waals surface area contributed by atoms with Gasteiger partial charge in [-0.1, -0.05) is 0 Å². The van der Waals surface area contributed by atoms with Crippen LogP contribution in [0.25, 0.3) is 0 Å². The Kier molecular flexibility index (Phi) is 10.6. The van der Waals surface area contributed by atoms with E-state index in [0.717, 1.165) is 12.8 Å². The second kappa shape index (κ2) is 9.32. The first kappa shape index (κ1) is 14.7. The monoisotopic (exact) mass is 208 g/mol. The number of nitrogens with one attached hydrogen (secondary N) is 1. The third-order valence-corrected chi connectivity index (χ3v) is 1.38. The van der Waals surface area contributed by atoms with Gasteiger partial charge in [0.2, 0.25) is 0 Å². The standard InChI is InChI=1S/C8H16N2O2.ClH/c1-2-12-8(11)6-4-3-5-7(9)10;/h2-6H2,1H3,(H3,9,10);1H. The molecule has 0 radical (unpaired) electrons. The highest BCUT2D eigenvalue weighted by Gasteiger charge is 2.00. The van der Waals surface area contributed by atoms with Crippen molar-refractivity contribution in [2.75, 3.05) is 6.61 Å². The molecular weight excluding hydrogens is 192 g/mol. The maximum atomic E-state index is 10.8. The minimum atomic E-state index is -0.166. The highest BCUT2D eigenvalue weighted by atomic mass is 35.5. The molecule has 0 aliphatic heterocycles. The van der Waals surface area contributed by atoms with E-state index in [1.54, 1.807) is 6.92 Å². The molecule has 5 heteroatoms. The van der Waals surface area contributed by atoms with Gasteiger partial charge in [-0.3, -0.25) is 10.2 Å². The lowest BCUT2D eigenvalue weighted by molar-refractivity contribution is -0.143. The predicted octanol–water partition coefficient (Wildman–Crippen LogP) is 1.47. The van der Waals surface area contributed by atoms with E-state index in [4.69, 9.17) is 15.9 Å². The van der Waals surface area contributed by atoms with E-state index in [0.29, 0.717) is 19.4 Å². The molecular formula is C8H17ClN2O2. The van der Waals surface area contributed by atoms with Crippen molar-refractivity contribution < 1.29 is 9.53 Å². The third kappa shape index (κ3) is 11.2. The number of rotatable bonds is 6. The molecule has 0 fully saturated rings. The van der Waals surface area contributed by atoms with Gasteiger partial charge in [0.25, 0.3) is 0 Å². The van der Waals surface area contributed by atoms with E-state index in [1.807, 2.05) is 0 Å². The van der Waals surface area contributed by atoms with E-state index in [-0.39, 0.29) is 24.2 Å². The molecule has 0 heterocycles. The lowest BCUT2D eigenvalue weighted by Crippen LogP contribution is -2.09. The van der Waals surface area contributed by atoms with Crippen molar-refractivity contribution in [3.63, 3.8) is 0 Å². The summed E-state index contributed by atoms with van der Waals surface area (Å²) in [5.74, 6) is 0.0138. The molecule has 0 bridgehead atoms. The number of carbonyl (C=O) groups excluding carboxylic acids is 1. The van der Waals surface area contributed by atoms with Crippen LogP contribution in [0.1, 0.15) is 32.6 Å². The van der Waals surface area contributed by atoms with E-state index >= 15 is 0 Å². The zero-order chi connectivity index (χ0) is 9.40. The second-order valence-electron chi connectivity index (χ2n) is 2.54. The van der Waals surface area contributed by atoms with E-state index in [2.05, 4.69) is 0 Å². The molecule has 4 nitrogen and oxygen atoms in total. The van der Waals surface area contributed by atoms with Crippen molar-refractivity contribution in [1.29, 1.82) is 5.41 Å². The Morgan fingerprint density at radius 1 is 1.38 bits per heavy atom. The van der Waals surface area contributed by atoms with Crippen molar-refractivity contribution in [2.45, 2.75) is 32.6 Å². The topological polar surface area (TPSA) is 76.2 Å². The summed E-state index contributed by atoms with van der Waals surface area (Å²) in [6, 6.07) is 0. The molecule has 0 aromatic rings. The highest BCUT2D eigenvalue weighted by molar-refractivity contribution is 5.85. The number of amidine groups is 1. The fourth-order valence-electron chi connectivity index (χ4n) is 0.818. The molecule has 0 saturated carbocycles. The fraction of sp³-hybridized carbons (Fsp3) is 0.750. The first-order valence-electron chi connectivity index (χ1n) is 4.15. The Labute approximate surface area is 84.7 Å². The van der Waals surface area contributed by atoms with E-state index in [1.165, 1.54) is 0 Å². The minimum absolute atomic E-state index is 0. The summed E-state index contributed by atoms with van der Waals surface area (Å²) in [5.41, 5.74) is 5.14. The van der Waals surface area contributed by atoms with Crippen LogP contribution in [0.2, 0.25) is 0 Å². The third-order valence-electron chi connectivity index (χ3n) is 1.38. The van der Waals surface area contributed by atoms with Crippen LogP contribution in [0, 0.1) is 5.41 Å². The molecule has 3 N–H and O–H groups in total. The summed E-state index contributed by atoms with van der Waals surface area (Å²) < 4.78 is 4.73. The highest BCUT2D eigenvalue weighted by Crippen LogP contribution is 2.00. The van der Waals surface area contributed by atoms with Crippen LogP contribution in [-0.2, 0) is 9.53 Å². The SMILES string of the molecule is CCOC(=O)CCCCC(=N)N.Cl. The molecule has 0 rings (SSSR count). The Balaban J connectivity index is 0. The Morgan fingerprint density at radius 2 is 1.92 bits per heavy atom. The molecule has 0 aromatic carbocycles. The number of ether oxygens (including phenoxy) is 1. The lowest BCUT2D eigenvalue weighted by atomic mass is 10.2. The summed E-state index contributed by atoms with van der Waals surface area (Å²) in [6.07, 6.45) is 2.53. The maximum Gasteiger partial charge on any atom is 0.305 e. The van der Waals surface area contributed by atoms with E-state index < -0.39 is 0 Å². The molecule has 78 valence electrons. The van der Waals surface area contributed by atoms with Gasteiger partial charge in [0, 0.05) is 12.8 Å². The maximum absolute atomic E-state index is 10.8. The number of carbonyl (C=O) groups is 1. The van der Waals surface area contributed by atoms with Gasteiger partial charge in [-0.2, -0.15) is 0 Å². The molecule has 0 atom stereocenters. The summed E-state index contributed by atoms with van der Waals surface area (Å²) in [6.45, 7) is 2.22. The Morgan fingerprint density at radius 3 is 2.38 bits per heavy atom. The molecule has 0 aliphatic rings. The first-order valence-corrected chi connectivity index (χ1v) is 4.15. The van der Waals surface area contributed by atoms with Gasteiger partial charge >= 0.3 is 5.97 Å². The summed E-state index contributed by atoms with van der Waals surface area (Å²) >= 11 is 0. The van der Waals surface area contributed by atoms with Gasteiger partial charge in [-0.05, 0) is 19.8 Å². The molecule has 0 saturated heterocycles. The number of nitrogens with two attached hydrogens (primary N) is 1. The van der Waals surface area contributed by atoms with Gasteiger partial charge in [0.05, 0.1) is 12.4 Å². The predicted molar refractivity (Wildman–Crippen MR) is 54.3 cm³/mol. The van der Waals surface area contributed by atoms with Crippen molar-refractivity contribution in [1.82, 2.24) is 0 Å². The van der Waals surface area contributed by atoms with Crippen molar-refractivity contribution in [3.05, 3.63) is 0 Å². The average molecular weight is 209 g/mol. The zero-order valence-corrected chi connectivity index (χ0v) is 8.65. The van der Waals surface area contributed by atoms with Gasteiger partial charge < -0.3 is 10.5 Å². The molecule has 0 aromatic heterocycles. The van der Waals surface area contributed by atoms with Crippen LogP contribution in [0.3, 0.4) is 0 Å².